The lowest BCUT2D eigenvalue weighted by Crippen LogP contribution is -2.26. The van der Waals surface area contributed by atoms with E-state index < -0.39 is 0 Å². The number of ether oxygens (including phenoxy) is 1. The van der Waals surface area contributed by atoms with Crippen molar-refractivity contribution >= 4 is 5.78 Å². The van der Waals surface area contributed by atoms with Gasteiger partial charge < -0.3 is 4.74 Å². The lowest BCUT2D eigenvalue weighted by molar-refractivity contribution is -0.120. The van der Waals surface area contributed by atoms with Gasteiger partial charge in [0.05, 0.1) is 6.10 Å². The number of carbonyl (C=O) groups excluding carboxylic acids is 1. The molecule has 2 unspecified atom stereocenters. The third-order valence-corrected chi connectivity index (χ3v) is 2.56. The van der Waals surface area contributed by atoms with Gasteiger partial charge in [-0.3, -0.25) is 4.79 Å². The first-order chi connectivity index (χ1) is 5.77. The van der Waals surface area contributed by atoms with Crippen LogP contribution in [0.2, 0.25) is 0 Å². The van der Waals surface area contributed by atoms with Gasteiger partial charge in [-0.25, -0.2) is 0 Å². The molecule has 0 aromatic rings. The molecule has 0 N–H and O–H groups in total. The van der Waals surface area contributed by atoms with Gasteiger partial charge in [0, 0.05) is 13.0 Å². The van der Waals surface area contributed by atoms with Crippen LogP contribution in [0, 0.1) is 5.92 Å². The predicted octanol–water partition coefficient (Wildman–Crippen LogP) is 1.95. The fourth-order valence-electron chi connectivity index (χ4n) is 1.78. The highest BCUT2D eigenvalue weighted by Crippen LogP contribution is 2.26. The van der Waals surface area contributed by atoms with Crippen LogP contribution in [-0.2, 0) is 9.53 Å². The van der Waals surface area contributed by atoms with Crippen LogP contribution in [0.4, 0.5) is 0 Å². The van der Waals surface area contributed by atoms with Crippen molar-refractivity contribution in [3.8, 4) is 0 Å². The topological polar surface area (TPSA) is 26.3 Å². The van der Waals surface area contributed by atoms with Crippen LogP contribution in [0.25, 0.3) is 0 Å². The van der Waals surface area contributed by atoms with E-state index in [1.54, 1.807) is 7.11 Å². The van der Waals surface area contributed by atoms with Gasteiger partial charge in [0.25, 0.3) is 0 Å². The summed E-state index contributed by atoms with van der Waals surface area (Å²) in [5.74, 6) is 0.345. The van der Waals surface area contributed by atoms with Crippen molar-refractivity contribution in [2.45, 2.75) is 31.8 Å². The van der Waals surface area contributed by atoms with Crippen LogP contribution < -0.4 is 0 Å². The lowest BCUT2D eigenvalue weighted by atomic mass is 9.84. The third kappa shape index (κ3) is 2.18. The molecule has 1 aliphatic carbocycles. The maximum atomic E-state index is 11.3. The highest BCUT2D eigenvalue weighted by Gasteiger charge is 2.25. The van der Waals surface area contributed by atoms with Gasteiger partial charge in [0.15, 0.2) is 5.78 Å². The van der Waals surface area contributed by atoms with Crippen molar-refractivity contribution in [2.75, 3.05) is 7.11 Å². The van der Waals surface area contributed by atoms with Gasteiger partial charge >= 0.3 is 0 Å². The van der Waals surface area contributed by atoms with E-state index in [1.165, 1.54) is 6.08 Å². The number of carbonyl (C=O) groups is 1. The Kier molecular flexibility index (Phi) is 3.48. The average Bonchev–Trinajstić information content (AvgIpc) is 2.17. The highest BCUT2D eigenvalue weighted by atomic mass is 16.5. The second kappa shape index (κ2) is 4.41. The van der Waals surface area contributed by atoms with Crippen LogP contribution in [-0.4, -0.2) is 19.0 Å². The molecule has 0 bridgehead atoms. The Labute approximate surface area is 73.6 Å². The van der Waals surface area contributed by atoms with E-state index in [-0.39, 0.29) is 17.8 Å². The summed E-state index contributed by atoms with van der Waals surface area (Å²) in [5.41, 5.74) is 0. The van der Waals surface area contributed by atoms with E-state index in [4.69, 9.17) is 4.74 Å². The summed E-state index contributed by atoms with van der Waals surface area (Å²) < 4.78 is 5.23. The lowest BCUT2D eigenvalue weighted by Gasteiger charge is -2.26. The molecule has 0 aliphatic heterocycles. The molecule has 2 heteroatoms. The van der Waals surface area contributed by atoms with E-state index in [0.717, 1.165) is 25.7 Å². The second-order valence-electron chi connectivity index (χ2n) is 3.33. The number of rotatable bonds is 3. The van der Waals surface area contributed by atoms with Gasteiger partial charge in [0.2, 0.25) is 0 Å². The fourth-order valence-corrected chi connectivity index (χ4v) is 1.78. The first-order valence-corrected chi connectivity index (χ1v) is 4.47. The van der Waals surface area contributed by atoms with Gasteiger partial charge in [-0.15, -0.1) is 0 Å². The number of allylic oxidation sites excluding steroid dienone is 1. The number of hydrogen-bond donors (Lipinski definition) is 0. The molecule has 2 atom stereocenters. The van der Waals surface area contributed by atoms with E-state index in [2.05, 4.69) is 6.58 Å². The van der Waals surface area contributed by atoms with Crippen LogP contribution in [0.1, 0.15) is 25.7 Å². The minimum absolute atomic E-state index is 0.168. The molecule has 68 valence electrons. The summed E-state index contributed by atoms with van der Waals surface area (Å²) >= 11 is 0. The predicted molar refractivity (Wildman–Crippen MR) is 48.0 cm³/mol. The number of ketones is 1. The molecule has 0 aromatic carbocycles. The summed E-state index contributed by atoms with van der Waals surface area (Å²) in [6.45, 7) is 3.50. The molecule has 1 rings (SSSR count). The first-order valence-electron chi connectivity index (χ1n) is 4.47. The van der Waals surface area contributed by atoms with Crippen LogP contribution in [0.3, 0.4) is 0 Å². The number of hydrogen-bond acceptors (Lipinski definition) is 2. The zero-order valence-corrected chi connectivity index (χ0v) is 7.58. The Hall–Kier alpha value is -0.630. The molecule has 1 saturated carbocycles. The Morgan fingerprint density at radius 3 is 2.92 bits per heavy atom. The monoisotopic (exact) mass is 168 g/mol. The first kappa shape index (κ1) is 9.46. The van der Waals surface area contributed by atoms with Crippen molar-refractivity contribution in [3.63, 3.8) is 0 Å². The van der Waals surface area contributed by atoms with Crippen LogP contribution >= 0.6 is 0 Å². The summed E-state index contributed by atoms with van der Waals surface area (Å²) in [4.78, 5) is 11.3. The summed E-state index contributed by atoms with van der Waals surface area (Å²) in [7, 11) is 1.71. The Morgan fingerprint density at radius 1 is 1.58 bits per heavy atom. The minimum atomic E-state index is 0.168. The molecule has 1 aliphatic rings. The Morgan fingerprint density at radius 2 is 2.33 bits per heavy atom. The largest absolute Gasteiger partial charge is 0.381 e. The molecule has 0 aromatic heterocycles. The molecular formula is C10H16O2. The van der Waals surface area contributed by atoms with Crippen LogP contribution in [0.5, 0.6) is 0 Å². The summed E-state index contributed by atoms with van der Waals surface area (Å²) in [5, 5.41) is 0. The molecule has 1 fully saturated rings. The highest BCUT2D eigenvalue weighted by molar-refractivity contribution is 5.91. The zero-order valence-electron chi connectivity index (χ0n) is 7.58. The molecular weight excluding hydrogens is 152 g/mol. The quantitative estimate of drug-likeness (QED) is 0.602. The van der Waals surface area contributed by atoms with Gasteiger partial charge in [0.1, 0.15) is 0 Å². The van der Waals surface area contributed by atoms with Crippen molar-refractivity contribution < 1.29 is 9.53 Å². The normalized spacial score (nSPS) is 29.8. The van der Waals surface area contributed by atoms with Gasteiger partial charge in [-0.1, -0.05) is 13.0 Å². The van der Waals surface area contributed by atoms with E-state index in [9.17, 15) is 4.79 Å². The SMILES string of the molecule is C=CC(=O)C1CCCC(OC)C1. The van der Waals surface area contributed by atoms with Crippen molar-refractivity contribution in [1.29, 1.82) is 0 Å². The van der Waals surface area contributed by atoms with E-state index in [0.29, 0.717) is 0 Å². The minimum Gasteiger partial charge on any atom is -0.381 e. The standard InChI is InChI=1S/C10H16O2/c1-3-10(11)8-5-4-6-9(7-8)12-2/h3,8-9H,1,4-7H2,2H3. The molecule has 0 spiro atoms. The third-order valence-electron chi connectivity index (χ3n) is 2.56. The number of methoxy groups -OCH3 is 1. The maximum Gasteiger partial charge on any atom is 0.158 e. The maximum absolute atomic E-state index is 11.3. The molecule has 12 heavy (non-hydrogen) atoms. The molecule has 0 heterocycles. The molecule has 0 amide bonds. The van der Waals surface area contributed by atoms with Crippen molar-refractivity contribution in [2.24, 2.45) is 5.92 Å². The molecule has 0 saturated heterocycles. The fraction of sp³-hybridized carbons (Fsp3) is 0.700. The van der Waals surface area contributed by atoms with Gasteiger partial charge in [-0.2, -0.15) is 0 Å². The molecule has 2 nitrogen and oxygen atoms in total. The average molecular weight is 168 g/mol. The van der Waals surface area contributed by atoms with Crippen molar-refractivity contribution in [3.05, 3.63) is 12.7 Å². The Bertz CT molecular complexity index is 175. The Balaban J connectivity index is 2.45. The summed E-state index contributed by atoms with van der Waals surface area (Å²) in [6, 6.07) is 0. The zero-order chi connectivity index (χ0) is 8.97. The van der Waals surface area contributed by atoms with Crippen LogP contribution in [0.15, 0.2) is 12.7 Å². The van der Waals surface area contributed by atoms with E-state index in [1.807, 2.05) is 0 Å². The second-order valence-corrected chi connectivity index (χ2v) is 3.33. The van der Waals surface area contributed by atoms with E-state index >= 15 is 0 Å². The molecule has 0 radical (unpaired) electrons. The smallest absolute Gasteiger partial charge is 0.158 e. The summed E-state index contributed by atoms with van der Waals surface area (Å²) in [6.07, 6.45) is 5.79. The van der Waals surface area contributed by atoms with Crippen molar-refractivity contribution in [1.82, 2.24) is 0 Å². The van der Waals surface area contributed by atoms with Gasteiger partial charge in [-0.05, 0) is 25.3 Å².